The topological polar surface area (TPSA) is 83.0 Å². The Morgan fingerprint density at radius 2 is 2.26 bits per heavy atom. The minimum absolute atomic E-state index is 0.0939. The molecule has 3 aromatic rings. The number of hydrogen-bond acceptors (Lipinski definition) is 7. The number of ether oxygens (including phenoxy) is 1. The van der Waals surface area contributed by atoms with Gasteiger partial charge in [0, 0.05) is 11.5 Å². The molecule has 8 heteroatoms. The van der Waals surface area contributed by atoms with Crippen LogP contribution in [0.4, 0.5) is 0 Å². The fourth-order valence-electron chi connectivity index (χ4n) is 2.26. The molecule has 0 aromatic carbocycles. The monoisotopic (exact) mass is 334 g/mol. The fourth-order valence-corrected chi connectivity index (χ4v) is 3.19. The molecule has 0 spiro atoms. The number of aryl methyl sites for hydroxylation is 1. The number of fused-ring (bicyclic) bond motifs is 1. The van der Waals surface area contributed by atoms with Crippen LogP contribution in [0.15, 0.2) is 21.7 Å². The molecule has 0 amide bonds. The summed E-state index contributed by atoms with van der Waals surface area (Å²) in [4.78, 5) is 23.1. The van der Waals surface area contributed by atoms with E-state index in [9.17, 15) is 4.79 Å². The molecular weight excluding hydrogens is 316 g/mol. The molecule has 0 aliphatic carbocycles. The fraction of sp³-hybridized carbons (Fsp3) is 0.467. The van der Waals surface area contributed by atoms with Crippen molar-refractivity contribution in [3.8, 4) is 0 Å². The lowest BCUT2D eigenvalue weighted by molar-refractivity contribution is 0.0683. The molecule has 7 nitrogen and oxygen atoms in total. The number of thiophene rings is 1. The van der Waals surface area contributed by atoms with E-state index in [0.29, 0.717) is 23.7 Å². The Kier molecular flexibility index (Phi) is 4.53. The Bertz CT molecular complexity index is 867. The van der Waals surface area contributed by atoms with Crippen molar-refractivity contribution in [2.75, 3.05) is 6.61 Å². The van der Waals surface area contributed by atoms with Crippen molar-refractivity contribution < 1.29 is 9.26 Å². The molecule has 0 aliphatic heterocycles. The van der Waals surface area contributed by atoms with Crippen molar-refractivity contribution in [3.05, 3.63) is 39.3 Å². The highest BCUT2D eigenvalue weighted by atomic mass is 32.1. The van der Waals surface area contributed by atoms with Crippen LogP contribution in [-0.4, -0.2) is 26.3 Å². The van der Waals surface area contributed by atoms with Gasteiger partial charge in [0.05, 0.1) is 11.7 Å². The zero-order chi connectivity index (χ0) is 16.4. The van der Waals surface area contributed by atoms with Gasteiger partial charge in [-0.25, -0.2) is 4.98 Å². The van der Waals surface area contributed by atoms with Crippen LogP contribution in [-0.2, 0) is 17.7 Å². The third-order valence-electron chi connectivity index (χ3n) is 3.49. The first-order valence-electron chi connectivity index (χ1n) is 7.54. The Hall–Kier alpha value is -2.06. The Balaban J connectivity index is 1.87. The van der Waals surface area contributed by atoms with Gasteiger partial charge in [0.15, 0.2) is 5.82 Å². The minimum Gasteiger partial charge on any atom is -0.371 e. The summed E-state index contributed by atoms with van der Waals surface area (Å²) < 4.78 is 12.1. The van der Waals surface area contributed by atoms with Crippen LogP contribution < -0.4 is 5.56 Å². The molecule has 1 atom stereocenters. The second-order valence-corrected chi connectivity index (χ2v) is 6.22. The molecule has 23 heavy (non-hydrogen) atoms. The number of nitrogens with zero attached hydrogens (tertiary/aromatic N) is 4. The molecule has 0 bridgehead atoms. The first kappa shape index (κ1) is 15.8. The molecule has 0 saturated heterocycles. The number of aromatic nitrogens is 4. The van der Waals surface area contributed by atoms with Crippen molar-refractivity contribution in [2.45, 2.75) is 39.8 Å². The normalized spacial score (nSPS) is 12.8. The lowest BCUT2D eigenvalue weighted by Gasteiger charge is -2.04. The predicted octanol–water partition coefficient (Wildman–Crippen LogP) is 2.55. The van der Waals surface area contributed by atoms with Crippen LogP contribution in [0, 0.1) is 0 Å². The van der Waals surface area contributed by atoms with Crippen LogP contribution in [0.25, 0.3) is 10.2 Å². The summed E-state index contributed by atoms with van der Waals surface area (Å²) in [5.74, 6) is 0.841. The van der Waals surface area contributed by atoms with E-state index in [1.165, 1.54) is 10.9 Å². The summed E-state index contributed by atoms with van der Waals surface area (Å²) in [6.45, 7) is 6.59. The van der Waals surface area contributed by atoms with E-state index < -0.39 is 0 Å². The molecule has 1 unspecified atom stereocenters. The van der Waals surface area contributed by atoms with Gasteiger partial charge >= 0.3 is 0 Å². The first-order chi connectivity index (χ1) is 11.1. The van der Waals surface area contributed by atoms with Gasteiger partial charge in [-0.05, 0) is 26.3 Å². The average Bonchev–Trinajstić information content (AvgIpc) is 3.17. The molecule has 3 rings (SSSR count). The van der Waals surface area contributed by atoms with E-state index in [1.54, 1.807) is 11.3 Å². The van der Waals surface area contributed by atoms with Gasteiger partial charge in [0.25, 0.3) is 5.56 Å². The third kappa shape index (κ3) is 3.18. The lowest BCUT2D eigenvalue weighted by Crippen LogP contribution is -2.20. The highest BCUT2D eigenvalue weighted by Crippen LogP contribution is 2.21. The van der Waals surface area contributed by atoms with Gasteiger partial charge in [-0.3, -0.25) is 9.36 Å². The van der Waals surface area contributed by atoms with Gasteiger partial charge in [-0.15, -0.1) is 11.3 Å². The van der Waals surface area contributed by atoms with Crippen LogP contribution in [0.2, 0.25) is 0 Å². The van der Waals surface area contributed by atoms with Crippen LogP contribution in [0.3, 0.4) is 0 Å². The maximum absolute atomic E-state index is 12.5. The standard InChI is InChI=1S/C15H18N4O3S/c1-4-10-6-11-14(23-10)16-8-19(15(11)20)7-12-17-13(18-22-12)9(3)21-5-2/h6,8-9H,4-5,7H2,1-3H3. The van der Waals surface area contributed by atoms with Crippen molar-refractivity contribution in [1.82, 2.24) is 19.7 Å². The molecule has 3 aromatic heterocycles. The smallest absolute Gasteiger partial charge is 0.262 e. The third-order valence-corrected chi connectivity index (χ3v) is 4.67. The molecule has 0 N–H and O–H groups in total. The van der Waals surface area contributed by atoms with E-state index in [4.69, 9.17) is 9.26 Å². The van der Waals surface area contributed by atoms with Gasteiger partial charge in [-0.2, -0.15) is 4.98 Å². The summed E-state index contributed by atoms with van der Waals surface area (Å²) in [6.07, 6.45) is 2.18. The average molecular weight is 334 g/mol. The quantitative estimate of drug-likeness (QED) is 0.689. The maximum atomic E-state index is 12.5. The molecule has 122 valence electrons. The summed E-state index contributed by atoms with van der Waals surface area (Å²) >= 11 is 1.55. The van der Waals surface area contributed by atoms with Crippen LogP contribution in [0.5, 0.6) is 0 Å². The number of hydrogen-bond donors (Lipinski definition) is 0. The van der Waals surface area contributed by atoms with Gasteiger partial charge < -0.3 is 9.26 Å². The number of rotatable bonds is 6. The summed E-state index contributed by atoms with van der Waals surface area (Å²) in [7, 11) is 0. The first-order valence-corrected chi connectivity index (χ1v) is 8.36. The second kappa shape index (κ2) is 6.59. The summed E-state index contributed by atoms with van der Waals surface area (Å²) in [5.41, 5.74) is -0.0939. The SMILES string of the molecule is CCOC(C)c1noc(Cn2cnc3sc(CC)cc3c2=O)n1. The van der Waals surface area contributed by atoms with Crippen molar-refractivity contribution in [3.63, 3.8) is 0 Å². The Morgan fingerprint density at radius 1 is 1.43 bits per heavy atom. The highest BCUT2D eigenvalue weighted by Gasteiger charge is 2.15. The van der Waals surface area contributed by atoms with E-state index in [0.717, 1.165) is 16.1 Å². The molecule has 3 heterocycles. The second-order valence-electron chi connectivity index (χ2n) is 5.11. The highest BCUT2D eigenvalue weighted by molar-refractivity contribution is 7.18. The van der Waals surface area contributed by atoms with Crippen molar-refractivity contribution in [2.24, 2.45) is 0 Å². The predicted molar refractivity (Wildman–Crippen MR) is 86.7 cm³/mol. The lowest BCUT2D eigenvalue weighted by atomic mass is 10.3. The van der Waals surface area contributed by atoms with E-state index in [2.05, 4.69) is 22.0 Å². The van der Waals surface area contributed by atoms with Crippen molar-refractivity contribution in [1.29, 1.82) is 0 Å². The van der Waals surface area contributed by atoms with Gasteiger partial charge in [0.1, 0.15) is 17.5 Å². The molecular formula is C15H18N4O3S. The van der Waals surface area contributed by atoms with E-state index in [1.807, 2.05) is 19.9 Å². The summed E-state index contributed by atoms with van der Waals surface area (Å²) in [6, 6.07) is 1.90. The minimum atomic E-state index is -0.237. The zero-order valence-corrected chi connectivity index (χ0v) is 14.1. The summed E-state index contributed by atoms with van der Waals surface area (Å²) in [5, 5.41) is 4.53. The zero-order valence-electron chi connectivity index (χ0n) is 13.3. The van der Waals surface area contributed by atoms with Crippen LogP contribution in [0.1, 0.15) is 43.5 Å². The molecule has 0 radical (unpaired) electrons. The Labute approximate surface area is 136 Å². The van der Waals surface area contributed by atoms with Crippen LogP contribution >= 0.6 is 11.3 Å². The molecule has 0 aliphatic rings. The van der Waals surface area contributed by atoms with E-state index in [-0.39, 0.29) is 18.2 Å². The largest absolute Gasteiger partial charge is 0.371 e. The molecule has 0 fully saturated rings. The van der Waals surface area contributed by atoms with Gasteiger partial charge in [-0.1, -0.05) is 12.1 Å². The molecule has 0 saturated carbocycles. The van der Waals surface area contributed by atoms with E-state index >= 15 is 0 Å². The Morgan fingerprint density at radius 3 is 3.00 bits per heavy atom. The van der Waals surface area contributed by atoms with Gasteiger partial charge in [0.2, 0.25) is 5.89 Å². The van der Waals surface area contributed by atoms with Crippen molar-refractivity contribution >= 4 is 21.6 Å². The maximum Gasteiger partial charge on any atom is 0.262 e.